The lowest BCUT2D eigenvalue weighted by molar-refractivity contribution is 0.250. The molecule has 0 fully saturated rings. The molecule has 0 radical (unpaired) electrons. The van der Waals surface area contributed by atoms with Crippen LogP contribution in [0.1, 0.15) is 45.6 Å². The fraction of sp³-hybridized carbons (Fsp3) is 0.600. The molecule has 1 rings (SSSR count). The maximum atomic E-state index is 6.05. The number of nitrogens with two attached hydrogens (primary N) is 1. The number of hydrogen-bond donors (Lipinski definition) is 1. The van der Waals surface area contributed by atoms with Gasteiger partial charge >= 0.3 is 0 Å². The summed E-state index contributed by atoms with van der Waals surface area (Å²) < 4.78 is 5.76. The van der Waals surface area contributed by atoms with Crippen molar-refractivity contribution >= 4 is 0 Å². The molecule has 2 N–H and O–H groups in total. The first-order chi connectivity index (χ1) is 8.04. The summed E-state index contributed by atoms with van der Waals surface area (Å²) in [6.07, 6.45) is 1.09. The Kier molecular flexibility index (Phi) is 5.49. The van der Waals surface area contributed by atoms with Crippen LogP contribution in [0.2, 0.25) is 0 Å². The van der Waals surface area contributed by atoms with Gasteiger partial charge in [-0.2, -0.15) is 0 Å². The van der Waals surface area contributed by atoms with E-state index in [2.05, 4.69) is 39.8 Å². The van der Waals surface area contributed by atoms with Gasteiger partial charge in [0.05, 0.1) is 0 Å². The lowest BCUT2D eigenvalue weighted by Crippen LogP contribution is -2.34. The molecule has 96 valence electrons. The molecule has 0 aliphatic heterocycles. The highest BCUT2D eigenvalue weighted by Gasteiger charge is 2.11. The van der Waals surface area contributed by atoms with Gasteiger partial charge in [-0.1, -0.05) is 46.2 Å². The van der Waals surface area contributed by atoms with Gasteiger partial charge < -0.3 is 10.5 Å². The second kappa shape index (κ2) is 6.65. The topological polar surface area (TPSA) is 35.2 Å². The van der Waals surface area contributed by atoms with Crippen molar-refractivity contribution in [2.24, 2.45) is 11.7 Å². The normalized spacial score (nSPS) is 14.7. The van der Waals surface area contributed by atoms with Crippen LogP contribution in [0.5, 0.6) is 5.75 Å². The molecule has 0 spiro atoms. The minimum Gasteiger partial charge on any atom is -0.492 e. The van der Waals surface area contributed by atoms with E-state index in [1.54, 1.807) is 0 Å². The first-order valence-electron chi connectivity index (χ1n) is 6.53. The Morgan fingerprint density at radius 1 is 1.24 bits per heavy atom. The third-order valence-electron chi connectivity index (χ3n) is 3.34. The summed E-state index contributed by atoms with van der Waals surface area (Å²) in [5.41, 5.74) is 7.35. The summed E-state index contributed by atoms with van der Waals surface area (Å²) in [7, 11) is 0. The Bertz CT molecular complexity index is 335. The number of ether oxygens (including phenoxy) is 1. The zero-order chi connectivity index (χ0) is 12.8. The first kappa shape index (κ1) is 14.0. The molecule has 0 aromatic heterocycles. The third-order valence-corrected chi connectivity index (χ3v) is 3.34. The van der Waals surface area contributed by atoms with Gasteiger partial charge in [0, 0.05) is 6.04 Å². The molecule has 0 heterocycles. The highest BCUT2D eigenvalue weighted by molar-refractivity contribution is 5.30. The van der Waals surface area contributed by atoms with E-state index in [-0.39, 0.29) is 6.04 Å². The van der Waals surface area contributed by atoms with E-state index in [0.717, 1.165) is 12.2 Å². The third kappa shape index (κ3) is 4.39. The van der Waals surface area contributed by atoms with Gasteiger partial charge in [0.1, 0.15) is 12.4 Å². The van der Waals surface area contributed by atoms with E-state index in [1.807, 2.05) is 12.1 Å². The molecule has 0 bridgehead atoms. The Hall–Kier alpha value is -1.02. The minimum atomic E-state index is 0.114. The van der Waals surface area contributed by atoms with Crippen LogP contribution in [0.25, 0.3) is 0 Å². The van der Waals surface area contributed by atoms with Crippen LogP contribution in [0.3, 0.4) is 0 Å². The molecule has 0 aliphatic rings. The van der Waals surface area contributed by atoms with Crippen molar-refractivity contribution in [3.8, 4) is 5.75 Å². The summed E-state index contributed by atoms with van der Waals surface area (Å²) in [4.78, 5) is 0. The Morgan fingerprint density at radius 2 is 1.94 bits per heavy atom. The lowest BCUT2D eigenvalue weighted by Gasteiger charge is -2.19. The van der Waals surface area contributed by atoms with Crippen molar-refractivity contribution in [1.82, 2.24) is 0 Å². The first-order valence-corrected chi connectivity index (χ1v) is 6.53. The largest absolute Gasteiger partial charge is 0.492 e. The summed E-state index contributed by atoms with van der Waals surface area (Å²) in [6.45, 7) is 9.28. The second-order valence-corrected chi connectivity index (χ2v) is 5.09. The van der Waals surface area contributed by atoms with Crippen LogP contribution >= 0.6 is 0 Å². The molecule has 1 aromatic carbocycles. The number of hydrogen-bond acceptors (Lipinski definition) is 2. The van der Waals surface area contributed by atoms with Crippen molar-refractivity contribution < 1.29 is 4.74 Å². The molecule has 17 heavy (non-hydrogen) atoms. The molecular weight excluding hydrogens is 210 g/mol. The maximum absolute atomic E-state index is 6.05. The van der Waals surface area contributed by atoms with Gasteiger partial charge in [0.2, 0.25) is 0 Å². The van der Waals surface area contributed by atoms with Crippen LogP contribution in [0.4, 0.5) is 0 Å². The van der Waals surface area contributed by atoms with Gasteiger partial charge in [-0.3, -0.25) is 0 Å². The molecule has 1 aromatic rings. The molecule has 2 nitrogen and oxygen atoms in total. The van der Waals surface area contributed by atoms with Crippen LogP contribution in [0.15, 0.2) is 24.3 Å². The van der Waals surface area contributed by atoms with Crippen molar-refractivity contribution in [3.05, 3.63) is 29.8 Å². The van der Waals surface area contributed by atoms with E-state index in [0.29, 0.717) is 18.4 Å². The van der Waals surface area contributed by atoms with Gasteiger partial charge in [-0.15, -0.1) is 0 Å². The van der Waals surface area contributed by atoms with E-state index >= 15 is 0 Å². The highest BCUT2D eigenvalue weighted by atomic mass is 16.5. The molecule has 0 saturated carbocycles. The van der Waals surface area contributed by atoms with Gasteiger partial charge in [-0.05, 0) is 29.5 Å². The van der Waals surface area contributed by atoms with Crippen LogP contribution in [0, 0.1) is 5.92 Å². The molecular formula is C15H25NO. The van der Waals surface area contributed by atoms with E-state index in [9.17, 15) is 0 Å². The molecule has 2 heteroatoms. The molecule has 0 amide bonds. The summed E-state index contributed by atoms with van der Waals surface area (Å²) in [5, 5.41) is 0. The molecule has 2 unspecified atom stereocenters. The van der Waals surface area contributed by atoms with Crippen molar-refractivity contribution in [2.75, 3.05) is 6.61 Å². The van der Waals surface area contributed by atoms with Crippen molar-refractivity contribution in [2.45, 2.75) is 46.1 Å². The maximum Gasteiger partial charge on any atom is 0.119 e. The monoisotopic (exact) mass is 235 g/mol. The predicted octanol–water partition coefficient (Wildman–Crippen LogP) is 3.56. The SMILES string of the molecule is CCC(C)C(N)COc1cccc(C(C)C)c1. The smallest absolute Gasteiger partial charge is 0.119 e. The fourth-order valence-corrected chi connectivity index (χ4v) is 1.62. The van der Waals surface area contributed by atoms with E-state index < -0.39 is 0 Å². The summed E-state index contributed by atoms with van der Waals surface area (Å²) in [6, 6.07) is 8.39. The Balaban J connectivity index is 2.54. The van der Waals surface area contributed by atoms with Gasteiger partial charge in [-0.25, -0.2) is 0 Å². The fourth-order valence-electron chi connectivity index (χ4n) is 1.62. The van der Waals surface area contributed by atoms with E-state index in [1.165, 1.54) is 5.56 Å². The average molecular weight is 235 g/mol. The van der Waals surface area contributed by atoms with Crippen LogP contribution < -0.4 is 10.5 Å². The molecule has 0 aliphatic carbocycles. The standard InChI is InChI=1S/C15H25NO/c1-5-12(4)15(16)10-17-14-8-6-7-13(9-14)11(2)3/h6-9,11-12,15H,5,10,16H2,1-4H3. The quantitative estimate of drug-likeness (QED) is 0.818. The average Bonchev–Trinajstić information content (AvgIpc) is 2.35. The van der Waals surface area contributed by atoms with Crippen LogP contribution in [-0.2, 0) is 0 Å². The predicted molar refractivity (Wildman–Crippen MR) is 73.5 cm³/mol. The van der Waals surface area contributed by atoms with Crippen molar-refractivity contribution in [3.63, 3.8) is 0 Å². The second-order valence-electron chi connectivity index (χ2n) is 5.09. The Labute approximate surface area is 105 Å². The van der Waals surface area contributed by atoms with Crippen LogP contribution in [-0.4, -0.2) is 12.6 Å². The lowest BCUT2D eigenvalue weighted by atomic mass is 10.0. The highest BCUT2D eigenvalue weighted by Crippen LogP contribution is 2.20. The number of rotatable bonds is 6. The van der Waals surface area contributed by atoms with E-state index in [4.69, 9.17) is 10.5 Å². The minimum absolute atomic E-state index is 0.114. The van der Waals surface area contributed by atoms with Crippen molar-refractivity contribution in [1.29, 1.82) is 0 Å². The summed E-state index contributed by atoms with van der Waals surface area (Å²) in [5.74, 6) is 1.96. The number of benzene rings is 1. The molecule has 0 saturated heterocycles. The Morgan fingerprint density at radius 3 is 2.53 bits per heavy atom. The molecule has 2 atom stereocenters. The zero-order valence-corrected chi connectivity index (χ0v) is 11.4. The summed E-state index contributed by atoms with van der Waals surface area (Å²) >= 11 is 0. The van der Waals surface area contributed by atoms with Gasteiger partial charge in [0.25, 0.3) is 0 Å². The van der Waals surface area contributed by atoms with Gasteiger partial charge in [0.15, 0.2) is 0 Å². The zero-order valence-electron chi connectivity index (χ0n) is 11.4.